The fourth-order valence-electron chi connectivity index (χ4n) is 2.12. The van der Waals surface area contributed by atoms with Gasteiger partial charge in [0.25, 0.3) is 0 Å². The van der Waals surface area contributed by atoms with Gasteiger partial charge in [-0.25, -0.2) is 0 Å². The predicted octanol–water partition coefficient (Wildman–Crippen LogP) is 3.66. The van der Waals surface area contributed by atoms with Gasteiger partial charge in [0.15, 0.2) is 0 Å². The number of thiol groups is 1. The van der Waals surface area contributed by atoms with E-state index < -0.39 is 0 Å². The monoisotopic (exact) mass is 203 g/mol. The molecular weight excluding hydrogens is 178 g/mol. The molecule has 0 aliphatic heterocycles. The lowest BCUT2D eigenvalue weighted by Crippen LogP contribution is -2.46. The Labute approximate surface area is 89.2 Å². The lowest BCUT2D eigenvalue weighted by Gasteiger charge is -2.39. The summed E-state index contributed by atoms with van der Waals surface area (Å²) in [6.07, 6.45) is 3.68. The normalized spacial score (nSPS) is 18.7. The third-order valence-electron chi connectivity index (χ3n) is 3.21. The number of rotatable bonds is 6. The largest absolute Gasteiger partial charge is 0.261 e. The molecule has 2 unspecified atom stereocenters. The molecule has 0 amide bonds. The second kappa shape index (κ2) is 5.92. The van der Waals surface area contributed by atoms with Crippen LogP contribution < -0.4 is 4.72 Å². The third kappa shape index (κ3) is 3.51. The van der Waals surface area contributed by atoms with E-state index in [0.29, 0.717) is 0 Å². The van der Waals surface area contributed by atoms with Crippen LogP contribution in [0.15, 0.2) is 0 Å². The van der Waals surface area contributed by atoms with Crippen molar-refractivity contribution < 1.29 is 0 Å². The van der Waals surface area contributed by atoms with Crippen molar-refractivity contribution in [3.05, 3.63) is 0 Å². The van der Waals surface area contributed by atoms with Crippen LogP contribution in [-0.2, 0) is 0 Å². The van der Waals surface area contributed by atoms with Gasteiger partial charge in [0.2, 0.25) is 0 Å². The maximum Gasteiger partial charge on any atom is 0.0280 e. The summed E-state index contributed by atoms with van der Waals surface area (Å²) < 4.78 is 3.19. The summed E-state index contributed by atoms with van der Waals surface area (Å²) in [5.74, 6) is 1.45. The second-order valence-corrected chi connectivity index (χ2v) is 4.75. The van der Waals surface area contributed by atoms with Crippen LogP contribution in [0.5, 0.6) is 0 Å². The van der Waals surface area contributed by atoms with E-state index in [1.54, 1.807) is 0 Å². The molecule has 0 spiro atoms. The van der Waals surface area contributed by atoms with Gasteiger partial charge in [0, 0.05) is 5.54 Å². The zero-order chi connectivity index (χ0) is 10.5. The Morgan fingerprint density at radius 3 is 2.08 bits per heavy atom. The Balaban J connectivity index is 4.48. The summed E-state index contributed by atoms with van der Waals surface area (Å²) in [5.41, 5.74) is 0.188. The Morgan fingerprint density at radius 1 is 1.31 bits per heavy atom. The summed E-state index contributed by atoms with van der Waals surface area (Å²) in [5, 5.41) is 0. The molecule has 0 radical (unpaired) electrons. The molecule has 0 saturated carbocycles. The van der Waals surface area contributed by atoms with Crippen LogP contribution >= 0.6 is 12.8 Å². The van der Waals surface area contributed by atoms with Gasteiger partial charge in [-0.1, -0.05) is 46.9 Å². The molecule has 0 bridgehead atoms. The second-order valence-electron chi connectivity index (χ2n) is 4.52. The van der Waals surface area contributed by atoms with Crippen LogP contribution in [0.3, 0.4) is 0 Å². The summed E-state index contributed by atoms with van der Waals surface area (Å²) in [7, 11) is 0. The van der Waals surface area contributed by atoms with Crippen molar-refractivity contribution in [1.29, 1.82) is 0 Å². The minimum atomic E-state index is 0.188. The van der Waals surface area contributed by atoms with Gasteiger partial charge in [-0.2, -0.15) is 0 Å². The maximum atomic E-state index is 4.26. The van der Waals surface area contributed by atoms with E-state index in [4.69, 9.17) is 0 Å². The molecule has 0 aliphatic rings. The van der Waals surface area contributed by atoms with E-state index in [2.05, 4.69) is 52.2 Å². The Bertz CT molecular complexity index is 130. The molecule has 0 heterocycles. The Hall–Kier alpha value is 0.310. The summed E-state index contributed by atoms with van der Waals surface area (Å²) >= 11 is 4.26. The number of hydrogen-bond donors (Lipinski definition) is 2. The minimum absolute atomic E-state index is 0.188. The van der Waals surface area contributed by atoms with Gasteiger partial charge in [-0.3, -0.25) is 4.72 Å². The minimum Gasteiger partial charge on any atom is -0.261 e. The van der Waals surface area contributed by atoms with E-state index in [1.165, 1.54) is 12.8 Å². The molecule has 0 fully saturated rings. The van der Waals surface area contributed by atoms with Gasteiger partial charge in [-0.15, -0.1) is 0 Å². The standard InChI is InChI=1S/C11H25NS/c1-6-8-10(9(3)4)11(5,7-2)12-13/h9-10,12-13H,6-8H2,1-5H3. The molecule has 0 aromatic rings. The van der Waals surface area contributed by atoms with E-state index >= 15 is 0 Å². The Kier molecular flexibility index (Phi) is 6.06. The van der Waals surface area contributed by atoms with Gasteiger partial charge in [-0.05, 0) is 31.6 Å². The smallest absolute Gasteiger partial charge is 0.0280 e. The number of hydrogen-bond acceptors (Lipinski definition) is 2. The molecule has 0 rings (SSSR count). The SMILES string of the molecule is CCCC(C(C)C)C(C)(CC)NS. The van der Waals surface area contributed by atoms with E-state index in [0.717, 1.165) is 18.3 Å². The highest BCUT2D eigenvalue weighted by molar-refractivity contribution is 7.78. The van der Waals surface area contributed by atoms with E-state index in [1.807, 2.05) is 0 Å². The zero-order valence-corrected chi connectivity index (χ0v) is 10.6. The molecule has 1 N–H and O–H groups in total. The molecule has 13 heavy (non-hydrogen) atoms. The third-order valence-corrected chi connectivity index (χ3v) is 3.72. The highest BCUT2D eigenvalue weighted by atomic mass is 32.1. The van der Waals surface area contributed by atoms with E-state index in [-0.39, 0.29) is 5.54 Å². The zero-order valence-electron chi connectivity index (χ0n) is 9.72. The van der Waals surface area contributed by atoms with Gasteiger partial charge in [0.1, 0.15) is 0 Å². The summed E-state index contributed by atoms with van der Waals surface area (Å²) in [6, 6.07) is 0. The average Bonchev–Trinajstić information content (AvgIpc) is 2.12. The molecule has 2 heteroatoms. The van der Waals surface area contributed by atoms with Crippen LogP contribution in [-0.4, -0.2) is 5.54 Å². The Morgan fingerprint density at radius 2 is 1.85 bits per heavy atom. The molecule has 0 aromatic carbocycles. The first kappa shape index (κ1) is 13.3. The fourth-order valence-corrected chi connectivity index (χ4v) is 2.45. The maximum absolute atomic E-state index is 4.26. The van der Waals surface area contributed by atoms with E-state index in [9.17, 15) is 0 Å². The van der Waals surface area contributed by atoms with Crippen molar-refractivity contribution in [2.24, 2.45) is 11.8 Å². The van der Waals surface area contributed by atoms with Crippen LogP contribution in [0.4, 0.5) is 0 Å². The molecule has 1 nitrogen and oxygen atoms in total. The van der Waals surface area contributed by atoms with Gasteiger partial charge >= 0.3 is 0 Å². The highest BCUT2D eigenvalue weighted by Crippen LogP contribution is 2.32. The highest BCUT2D eigenvalue weighted by Gasteiger charge is 2.32. The first-order valence-electron chi connectivity index (χ1n) is 5.43. The summed E-state index contributed by atoms with van der Waals surface area (Å²) in [6.45, 7) is 11.4. The van der Waals surface area contributed by atoms with Crippen molar-refractivity contribution in [3.63, 3.8) is 0 Å². The molecule has 0 saturated heterocycles. The lowest BCUT2D eigenvalue weighted by molar-refractivity contribution is 0.189. The van der Waals surface area contributed by atoms with Crippen molar-refractivity contribution >= 4 is 12.8 Å². The van der Waals surface area contributed by atoms with Crippen molar-refractivity contribution in [2.45, 2.75) is 59.4 Å². The van der Waals surface area contributed by atoms with Crippen molar-refractivity contribution in [3.8, 4) is 0 Å². The molecule has 80 valence electrons. The van der Waals surface area contributed by atoms with Crippen LogP contribution in [0.25, 0.3) is 0 Å². The first-order chi connectivity index (χ1) is 6.01. The number of nitrogens with one attached hydrogen (secondary N) is 1. The molecule has 0 aromatic heterocycles. The fraction of sp³-hybridized carbons (Fsp3) is 1.00. The van der Waals surface area contributed by atoms with Crippen LogP contribution in [0.2, 0.25) is 0 Å². The van der Waals surface area contributed by atoms with Gasteiger partial charge < -0.3 is 0 Å². The molecule has 2 atom stereocenters. The van der Waals surface area contributed by atoms with Crippen molar-refractivity contribution in [1.82, 2.24) is 4.72 Å². The van der Waals surface area contributed by atoms with Gasteiger partial charge in [0.05, 0.1) is 0 Å². The molecular formula is C11H25NS. The summed E-state index contributed by atoms with van der Waals surface area (Å²) in [4.78, 5) is 0. The average molecular weight is 203 g/mol. The molecule has 0 aliphatic carbocycles. The lowest BCUT2D eigenvalue weighted by atomic mass is 9.75. The topological polar surface area (TPSA) is 12.0 Å². The van der Waals surface area contributed by atoms with Crippen LogP contribution in [0, 0.1) is 11.8 Å². The predicted molar refractivity (Wildman–Crippen MR) is 64.1 cm³/mol. The first-order valence-corrected chi connectivity index (χ1v) is 5.87. The quantitative estimate of drug-likeness (QED) is 0.628. The van der Waals surface area contributed by atoms with Crippen LogP contribution in [0.1, 0.15) is 53.9 Å². The van der Waals surface area contributed by atoms with Crippen molar-refractivity contribution in [2.75, 3.05) is 0 Å².